The lowest BCUT2D eigenvalue weighted by Gasteiger charge is -2.27. The highest BCUT2D eigenvalue weighted by Gasteiger charge is 2.24. The zero-order valence-corrected chi connectivity index (χ0v) is 22.3. The van der Waals surface area contributed by atoms with Gasteiger partial charge in [0.15, 0.2) is 15.0 Å². The second-order valence-electron chi connectivity index (χ2n) is 9.11. The number of rotatable bonds is 9. The normalized spacial score (nSPS) is 14.9. The SMILES string of the molecule is Cc1ccc(S(=O)(=O)CCC(=O)N(CCCN2CCOCC2)c2nc3c(C)ccc(C)c3s2)cc1. The van der Waals surface area contributed by atoms with Gasteiger partial charge in [-0.15, -0.1) is 0 Å². The van der Waals surface area contributed by atoms with Gasteiger partial charge in [-0.3, -0.25) is 14.6 Å². The first-order valence-corrected chi connectivity index (χ1v) is 14.5. The maximum absolute atomic E-state index is 13.4. The van der Waals surface area contributed by atoms with Gasteiger partial charge in [0.2, 0.25) is 5.91 Å². The van der Waals surface area contributed by atoms with Crippen molar-refractivity contribution >= 4 is 42.4 Å². The lowest BCUT2D eigenvalue weighted by molar-refractivity contribution is -0.118. The van der Waals surface area contributed by atoms with E-state index in [0.29, 0.717) is 11.7 Å². The minimum absolute atomic E-state index is 0.0817. The summed E-state index contributed by atoms with van der Waals surface area (Å²) in [5.74, 6) is -0.435. The van der Waals surface area contributed by atoms with Gasteiger partial charge in [-0.2, -0.15) is 0 Å². The number of carbonyl (C=O) groups is 1. The van der Waals surface area contributed by atoms with Crippen LogP contribution >= 0.6 is 11.3 Å². The smallest absolute Gasteiger partial charge is 0.229 e. The molecule has 1 fully saturated rings. The van der Waals surface area contributed by atoms with Crippen LogP contribution in [-0.2, 0) is 19.4 Å². The van der Waals surface area contributed by atoms with E-state index in [1.54, 1.807) is 29.2 Å². The zero-order chi connectivity index (χ0) is 25.0. The van der Waals surface area contributed by atoms with Crippen molar-refractivity contribution in [2.45, 2.75) is 38.5 Å². The lowest BCUT2D eigenvalue weighted by atomic mass is 10.1. The molecule has 7 nitrogen and oxygen atoms in total. The Bertz CT molecular complexity index is 1240. The third kappa shape index (κ3) is 6.27. The molecule has 188 valence electrons. The molecule has 9 heteroatoms. The van der Waals surface area contributed by atoms with Crippen molar-refractivity contribution in [3.05, 3.63) is 53.1 Å². The van der Waals surface area contributed by atoms with Crippen molar-refractivity contribution in [2.75, 3.05) is 50.0 Å². The first kappa shape index (κ1) is 25.8. The number of carbonyl (C=O) groups excluding carboxylic acids is 1. The number of aryl methyl sites for hydroxylation is 3. The van der Waals surface area contributed by atoms with Crippen LogP contribution < -0.4 is 4.90 Å². The van der Waals surface area contributed by atoms with Crippen LogP contribution in [-0.4, -0.2) is 69.4 Å². The predicted molar refractivity (Wildman–Crippen MR) is 141 cm³/mol. The number of sulfone groups is 1. The quantitative estimate of drug-likeness (QED) is 0.426. The standard InChI is InChI=1S/C26H33N3O4S2/c1-19-5-9-22(10-6-19)35(31,32)18-11-23(30)29(13-4-12-28-14-16-33-17-15-28)26-27-24-20(2)7-8-21(3)25(24)34-26/h5-10H,4,11-18H2,1-3H3. The zero-order valence-electron chi connectivity index (χ0n) is 20.6. The molecular formula is C26H33N3O4S2. The van der Waals surface area contributed by atoms with Gasteiger partial charge in [0.1, 0.15) is 0 Å². The molecule has 1 amide bonds. The molecule has 0 bridgehead atoms. The molecule has 2 heterocycles. The molecule has 0 unspecified atom stereocenters. The average Bonchev–Trinajstić information content (AvgIpc) is 3.30. The van der Waals surface area contributed by atoms with Crippen molar-refractivity contribution in [3.8, 4) is 0 Å². The maximum atomic E-state index is 13.4. The minimum atomic E-state index is -3.55. The third-order valence-electron chi connectivity index (χ3n) is 6.39. The van der Waals surface area contributed by atoms with E-state index in [1.807, 2.05) is 26.8 Å². The summed E-state index contributed by atoms with van der Waals surface area (Å²) >= 11 is 1.50. The number of amides is 1. The van der Waals surface area contributed by atoms with Gasteiger partial charge in [-0.25, -0.2) is 13.4 Å². The Kier molecular flexibility index (Phi) is 8.21. The number of hydrogen-bond donors (Lipinski definition) is 0. The fourth-order valence-electron chi connectivity index (χ4n) is 4.19. The molecule has 4 rings (SSSR count). The number of fused-ring (bicyclic) bond motifs is 1. The Morgan fingerprint density at radius 1 is 1.06 bits per heavy atom. The van der Waals surface area contributed by atoms with Gasteiger partial charge in [-0.05, 0) is 50.5 Å². The monoisotopic (exact) mass is 515 g/mol. The summed E-state index contributed by atoms with van der Waals surface area (Å²) in [5.41, 5.74) is 4.09. The molecule has 0 radical (unpaired) electrons. The molecule has 1 aliphatic rings. The first-order chi connectivity index (χ1) is 16.7. The van der Waals surface area contributed by atoms with Gasteiger partial charge >= 0.3 is 0 Å². The second-order valence-corrected chi connectivity index (χ2v) is 12.2. The number of hydrogen-bond acceptors (Lipinski definition) is 7. The van der Waals surface area contributed by atoms with Crippen molar-refractivity contribution in [1.82, 2.24) is 9.88 Å². The fraction of sp³-hybridized carbons (Fsp3) is 0.462. The molecule has 3 aromatic rings. The molecular weight excluding hydrogens is 482 g/mol. The van der Waals surface area contributed by atoms with Crippen LogP contribution in [0.15, 0.2) is 41.3 Å². The highest BCUT2D eigenvalue weighted by Crippen LogP contribution is 2.33. The summed E-state index contributed by atoms with van der Waals surface area (Å²) in [6, 6.07) is 10.9. The van der Waals surface area contributed by atoms with Crippen LogP contribution in [0.5, 0.6) is 0 Å². The van der Waals surface area contributed by atoms with Crippen molar-refractivity contribution in [1.29, 1.82) is 0 Å². The Morgan fingerprint density at radius 2 is 1.74 bits per heavy atom. The van der Waals surface area contributed by atoms with E-state index in [9.17, 15) is 13.2 Å². The van der Waals surface area contributed by atoms with Gasteiger partial charge in [-0.1, -0.05) is 41.2 Å². The van der Waals surface area contributed by atoms with Gasteiger partial charge in [0, 0.05) is 32.6 Å². The topological polar surface area (TPSA) is 79.8 Å². The van der Waals surface area contributed by atoms with Gasteiger partial charge in [0.25, 0.3) is 0 Å². The van der Waals surface area contributed by atoms with E-state index in [-0.39, 0.29) is 23.0 Å². The van der Waals surface area contributed by atoms with Gasteiger partial charge < -0.3 is 4.74 Å². The molecule has 1 aliphatic heterocycles. The Labute approximate surface area is 211 Å². The van der Waals surface area contributed by atoms with E-state index < -0.39 is 9.84 Å². The third-order valence-corrected chi connectivity index (χ3v) is 9.33. The van der Waals surface area contributed by atoms with Crippen molar-refractivity contribution in [3.63, 3.8) is 0 Å². The Balaban J connectivity index is 1.52. The maximum Gasteiger partial charge on any atom is 0.229 e. The summed E-state index contributed by atoms with van der Waals surface area (Å²) in [6.07, 6.45) is 0.700. The van der Waals surface area contributed by atoms with Crippen molar-refractivity contribution < 1.29 is 17.9 Å². The van der Waals surface area contributed by atoms with Crippen LogP contribution in [0.2, 0.25) is 0 Å². The summed E-state index contributed by atoms with van der Waals surface area (Å²) in [6.45, 7) is 10.6. The number of thiazole rings is 1. The summed E-state index contributed by atoms with van der Waals surface area (Å²) in [7, 11) is -3.55. The van der Waals surface area contributed by atoms with Crippen LogP contribution in [0, 0.1) is 20.8 Å². The Hall–Kier alpha value is -2.33. The molecule has 1 aromatic heterocycles. The minimum Gasteiger partial charge on any atom is -0.379 e. The van der Waals surface area contributed by atoms with E-state index >= 15 is 0 Å². The Morgan fingerprint density at radius 3 is 2.43 bits per heavy atom. The molecule has 0 aliphatic carbocycles. The highest BCUT2D eigenvalue weighted by atomic mass is 32.2. The average molecular weight is 516 g/mol. The summed E-state index contributed by atoms with van der Waals surface area (Å²) in [5, 5.41) is 0.636. The van der Waals surface area contributed by atoms with Crippen molar-refractivity contribution in [2.24, 2.45) is 0 Å². The molecule has 2 aromatic carbocycles. The summed E-state index contributed by atoms with van der Waals surface area (Å²) in [4.78, 5) is 22.5. The fourth-order valence-corrected chi connectivity index (χ4v) is 6.57. The molecule has 0 N–H and O–H groups in total. The number of ether oxygens (including phenoxy) is 1. The van der Waals surface area contributed by atoms with E-state index in [4.69, 9.17) is 9.72 Å². The van der Waals surface area contributed by atoms with E-state index in [0.717, 1.165) is 66.2 Å². The molecule has 1 saturated heterocycles. The highest BCUT2D eigenvalue weighted by molar-refractivity contribution is 7.91. The number of benzene rings is 2. The van der Waals surface area contributed by atoms with Crippen LogP contribution in [0.1, 0.15) is 29.5 Å². The number of aromatic nitrogens is 1. The molecule has 35 heavy (non-hydrogen) atoms. The summed E-state index contributed by atoms with van der Waals surface area (Å²) < 4.78 is 32.2. The largest absolute Gasteiger partial charge is 0.379 e. The number of nitrogens with zero attached hydrogens (tertiary/aromatic N) is 3. The number of anilines is 1. The second kappa shape index (κ2) is 11.2. The van der Waals surface area contributed by atoms with E-state index in [1.165, 1.54) is 11.3 Å². The lowest BCUT2D eigenvalue weighted by Crippen LogP contribution is -2.39. The first-order valence-electron chi connectivity index (χ1n) is 12.0. The molecule has 0 saturated carbocycles. The van der Waals surface area contributed by atoms with Crippen LogP contribution in [0.25, 0.3) is 10.2 Å². The predicted octanol–water partition coefficient (Wildman–Crippen LogP) is 4.14. The van der Waals surface area contributed by atoms with Crippen LogP contribution in [0.4, 0.5) is 5.13 Å². The van der Waals surface area contributed by atoms with Crippen LogP contribution in [0.3, 0.4) is 0 Å². The van der Waals surface area contributed by atoms with Gasteiger partial charge in [0.05, 0.1) is 34.1 Å². The van der Waals surface area contributed by atoms with E-state index in [2.05, 4.69) is 11.0 Å². The number of morpholine rings is 1. The molecule has 0 spiro atoms. The molecule has 0 atom stereocenters.